The molecule has 0 aromatic heterocycles. The van der Waals surface area contributed by atoms with Crippen LogP contribution in [0.5, 0.6) is 0 Å². The van der Waals surface area contributed by atoms with Gasteiger partial charge < -0.3 is 5.73 Å². The van der Waals surface area contributed by atoms with E-state index in [0.29, 0.717) is 11.1 Å². The third-order valence-corrected chi connectivity index (χ3v) is 4.42. The summed E-state index contributed by atoms with van der Waals surface area (Å²) in [6.45, 7) is 0.177. The van der Waals surface area contributed by atoms with Crippen molar-refractivity contribution in [3.8, 4) is 0 Å². The zero-order chi connectivity index (χ0) is 13.9. The lowest BCUT2D eigenvalue weighted by molar-refractivity contribution is 0.594. The molecule has 0 aliphatic carbocycles. The Balaban J connectivity index is 2.33. The number of benzene rings is 2. The zero-order valence-electron chi connectivity index (χ0n) is 10.2. The summed E-state index contributed by atoms with van der Waals surface area (Å²) in [6.07, 6.45) is 0. The van der Waals surface area contributed by atoms with Gasteiger partial charge in [0.2, 0.25) is 0 Å². The monoisotopic (exact) mass is 279 g/mol. The molecule has 0 atom stereocenters. The fraction of sp³-hybridized carbons (Fsp3) is 0.143. The molecule has 2 N–H and O–H groups in total. The summed E-state index contributed by atoms with van der Waals surface area (Å²) in [6, 6.07) is 12.3. The van der Waals surface area contributed by atoms with Crippen molar-refractivity contribution < 1.29 is 12.8 Å². The number of hydrogen-bond acceptors (Lipinski definition) is 3. The lowest BCUT2D eigenvalue weighted by Crippen LogP contribution is -2.06. The summed E-state index contributed by atoms with van der Waals surface area (Å²) in [5.41, 5.74) is 6.43. The number of halogens is 1. The van der Waals surface area contributed by atoms with E-state index in [1.54, 1.807) is 24.3 Å². The molecular formula is C14H14FNO2S. The van der Waals surface area contributed by atoms with Crippen LogP contribution < -0.4 is 5.73 Å². The van der Waals surface area contributed by atoms with E-state index in [2.05, 4.69) is 0 Å². The zero-order valence-corrected chi connectivity index (χ0v) is 11.0. The lowest BCUT2D eigenvalue weighted by Gasteiger charge is -2.06. The molecule has 5 heteroatoms. The molecule has 0 aliphatic heterocycles. The molecule has 3 nitrogen and oxygen atoms in total. The third-order valence-electron chi connectivity index (χ3n) is 2.71. The summed E-state index contributed by atoms with van der Waals surface area (Å²) in [5.74, 6) is -0.705. The molecule has 19 heavy (non-hydrogen) atoms. The quantitative estimate of drug-likeness (QED) is 0.934. The summed E-state index contributed by atoms with van der Waals surface area (Å²) < 4.78 is 37.7. The number of sulfone groups is 1. The van der Waals surface area contributed by atoms with E-state index in [1.807, 2.05) is 0 Å². The minimum absolute atomic E-state index is 0.177. The molecule has 2 aromatic rings. The van der Waals surface area contributed by atoms with Crippen molar-refractivity contribution in [2.24, 2.45) is 5.73 Å². The predicted octanol–water partition coefficient (Wildman–Crippen LogP) is 2.26. The first kappa shape index (κ1) is 13.7. The second kappa shape index (κ2) is 5.50. The van der Waals surface area contributed by atoms with Crippen LogP contribution in [0.2, 0.25) is 0 Å². The molecule has 0 radical (unpaired) electrons. The summed E-state index contributed by atoms with van der Waals surface area (Å²) in [5, 5.41) is 0. The second-order valence-corrected chi connectivity index (χ2v) is 6.23. The van der Waals surface area contributed by atoms with Crippen molar-refractivity contribution in [2.75, 3.05) is 0 Å². The number of hydrogen-bond donors (Lipinski definition) is 1. The average molecular weight is 279 g/mol. The summed E-state index contributed by atoms with van der Waals surface area (Å²) in [7, 11) is -3.46. The van der Waals surface area contributed by atoms with Crippen LogP contribution in [-0.4, -0.2) is 8.42 Å². The van der Waals surface area contributed by atoms with Crippen molar-refractivity contribution in [3.63, 3.8) is 0 Å². The second-order valence-electron chi connectivity index (χ2n) is 4.24. The van der Waals surface area contributed by atoms with Crippen molar-refractivity contribution in [1.29, 1.82) is 0 Å². The molecule has 0 heterocycles. The standard InChI is InChI=1S/C14H14FNO2S/c15-13-7-11(9-16)6-12(8-13)10-19(17,18)14-4-2-1-3-5-14/h1-8H,9-10,16H2. The lowest BCUT2D eigenvalue weighted by atomic mass is 10.1. The fourth-order valence-corrected chi connectivity index (χ4v) is 3.19. The van der Waals surface area contributed by atoms with Crippen LogP contribution >= 0.6 is 0 Å². The van der Waals surface area contributed by atoms with Crippen LogP contribution in [-0.2, 0) is 22.1 Å². The highest BCUT2D eigenvalue weighted by Gasteiger charge is 2.15. The Hall–Kier alpha value is -1.72. The van der Waals surface area contributed by atoms with Gasteiger partial charge >= 0.3 is 0 Å². The molecular weight excluding hydrogens is 265 g/mol. The largest absolute Gasteiger partial charge is 0.326 e. The SMILES string of the molecule is NCc1cc(F)cc(CS(=O)(=O)c2ccccc2)c1. The minimum atomic E-state index is -3.46. The molecule has 0 aliphatic rings. The third kappa shape index (κ3) is 3.39. The van der Waals surface area contributed by atoms with E-state index in [9.17, 15) is 12.8 Å². The van der Waals surface area contributed by atoms with Crippen molar-refractivity contribution in [3.05, 3.63) is 65.5 Å². The van der Waals surface area contributed by atoms with Crippen LogP contribution in [0.15, 0.2) is 53.4 Å². The molecule has 0 unspecified atom stereocenters. The van der Waals surface area contributed by atoms with Crippen molar-refractivity contribution in [2.45, 2.75) is 17.2 Å². The Morgan fingerprint density at radius 2 is 1.63 bits per heavy atom. The van der Waals surface area contributed by atoms with Crippen LogP contribution in [0.4, 0.5) is 4.39 Å². The number of rotatable bonds is 4. The highest BCUT2D eigenvalue weighted by atomic mass is 32.2. The smallest absolute Gasteiger partial charge is 0.182 e. The maximum Gasteiger partial charge on any atom is 0.182 e. The van der Waals surface area contributed by atoms with Crippen molar-refractivity contribution in [1.82, 2.24) is 0 Å². The topological polar surface area (TPSA) is 60.2 Å². The minimum Gasteiger partial charge on any atom is -0.326 e. The molecule has 100 valence electrons. The van der Waals surface area contributed by atoms with Gasteiger partial charge in [-0.05, 0) is 35.4 Å². The first-order valence-corrected chi connectivity index (χ1v) is 7.43. The predicted molar refractivity (Wildman–Crippen MR) is 71.6 cm³/mol. The van der Waals surface area contributed by atoms with Gasteiger partial charge in [-0.2, -0.15) is 0 Å². The highest BCUT2D eigenvalue weighted by Crippen LogP contribution is 2.18. The molecule has 2 rings (SSSR count). The van der Waals surface area contributed by atoms with E-state index in [-0.39, 0.29) is 17.2 Å². The van der Waals surface area contributed by atoms with Gasteiger partial charge in [-0.3, -0.25) is 0 Å². The molecule has 0 spiro atoms. The van der Waals surface area contributed by atoms with E-state index in [4.69, 9.17) is 5.73 Å². The molecule has 0 bridgehead atoms. The van der Waals surface area contributed by atoms with E-state index < -0.39 is 15.7 Å². The van der Waals surface area contributed by atoms with Crippen LogP contribution in [0, 0.1) is 5.82 Å². The van der Waals surface area contributed by atoms with E-state index >= 15 is 0 Å². The van der Waals surface area contributed by atoms with E-state index in [0.717, 1.165) is 0 Å². The van der Waals surface area contributed by atoms with Crippen molar-refractivity contribution >= 4 is 9.84 Å². The highest BCUT2D eigenvalue weighted by molar-refractivity contribution is 7.90. The summed E-state index contributed by atoms with van der Waals surface area (Å²) >= 11 is 0. The molecule has 2 aromatic carbocycles. The first-order chi connectivity index (χ1) is 9.01. The maximum atomic E-state index is 13.3. The normalized spacial score (nSPS) is 11.5. The Bertz CT molecular complexity index is 669. The molecule has 0 saturated heterocycles. The van der Waals surface area contributed by atoms with Gasteiger partial charge in [0.1, 0.15) is 5.82 Å². The Labute approximate surface area is 111 Å². The summed E-state index contributed by atoms with van der Waals surface area (Å²) in [4.78, 5) is 0.230. The van der Waals surface area contributed by atoms with E-state index in [1.165, 1.54) is 24.3 Å². The maximum absolute atomic E-state index is 13.3. The molecule has 0 saturated carbocycles. The Kier molecular flexibility index (Phi) is 3.97. The van der Waals surface area contributed by atoms with Gasteiger partial charge in [0, 0.05) is 6.54 Å². The van der Waals surface area contributed by atoms with Gasteiger partial charge in [-0.1, -0.05) is 24.3 Å². The van der Waals surface area contributed by atoms with Gasteiger partial charge in [0.15, 0.2) is 9.84 Å². The van der Waals surface area contributed by atoms with Crippen LogP contribution in [0.25, 0.3) is 0 Å². The molecule has 0 amide bonds. The van der Waals surface area contributed by atoms with Crippen LogP contribution in [0.1, 0.15) is 11.1 Å². The van der Waals surface area contributed by atoms with Gasteiger partial charge in [0.25, 0.3) is 0 Å². The number of nitrogens with two attached hydrogens (primary N) is 1. The Morgan fingerprint density at radius 1 is 1.00 bits per heavy atom. The fourth-order valence-electron chi connectivity index (χ4n) is 1.85. The first-order valence-electron chi connectivity index (χ1n) is 5.77. The van der Waals surface area contributed by atoms with Gasteiger partial charge in [0.05, 0.1) is 10.6 Å². The molecule has 0 fully saturated rings. The average Bonchev–Trinajstić information content (AvgIpc) is 2.38. The Morgan fingerprint density at radius 3 is 2.26 bits per heavy atom. The van der Waals surface area contributed by atoms with Gasteiger partial charge in [-0.25, -0.2) is 12.8 Å². The van der Waals surface area contributed by atoms with Gasteiger partial charge in [-0.15, -0.1) is 0 Å². The van der Waals surface area contributed by atoms with Crippen LogP contribution in [0.3, 0.4) is 0 Å².